The first-order valence-electron chi connectivity index (χ1n) is 5.75. The summed E-state index contributed by atoms with van der Waals surface area (Å²) < 4.78 is 0. The molecular weight excluding hydrogens is 184 g/mol. The molecule has 2 heteroatoms. The smallest absolute Gasteiger partial charge is 0.0417 e. The average molecular weight is 204 g/mol. The van der Waals surface area contributed by atoms with E-state index in [1.807, 2.05) is 0 Å². The quantitative estimate of drug-likeness (QED) is 0.814. The maximum Gasteiger partial charge on any atom is 0.0417 e. The van der Waals surface area contributed by atoms with Gasteiger partial charge in [0.25, 0.3) is 0 Å². The SMILES string of the molecule is CC(C)CNc1cccc2c1CCN2C. The van der Waals surface area contributed by atoms with Crippen molar-refractivity contribution in [2.45, 2.75) is 20.3 Å². The van der Waals surface area contributed by atoms with E-state index in [-0.39, 0.29) is 0 Å². The van der Waals surface area contributed by atoms with Crippen LogP contribution in [0.1, 0.15) is 19.4 Å². The number of rotatable bonds is 3. The Balaban J connectivity index is 2.19. The fourth-order valence-electron chi connectivity index (χ4n) is 2.07. The van der Waals surface area contributed by atoms with E-state index in [2.05, 4.69) is 49.3 Å². The maximum atomic E-state index is 3.54. The molecule has 0 radical (unpaired) electrons. The number of hydrogen-bond acceptors (Lipinski definition) is 2. The third kappa shape index (κ3) is 2.09. The second kappa shape index (κ2) is 4.13. The van der Waals surface area contributed by atoms with E-state index in [1.165, 1.54) is 23.4 Å². The van der Waals surface area contributed by atoms with E-state index in [0.29, 0.717) is 5.92 Å². The molecule has 0 spiro atoms. The van der Waals surface area contributed by atoms with Gasteiger partial charge in [-0.2, -0.15) is 0 Å². The highest BCUT2D eigenvalue weighted by Crippen LogP contribution is 2.32. The van der Waals surface area contributed by atoms with Crippen molar-refractivity contribution < 1.29 is 0 Å². The van der Waals surface area contributed by atoms with Crippen LogP contribution in [0.3, 0.4) is 0 Å². The van der Waals surface area contributed by atoms with Crippen molar-refractivity contribution in [1.29, 1.82) is 0 Å². The lowest BCUT2D eigenvalue weighted by molar-refractivity contribution is 0.688. The van der Waals surface area contributed by atoms with E-state index in [4.69, 9.17) is 0 Å². The summed E-state index contributed by atoms with van der Waals surface area (Å²) in [6.07, 6.45) is 1.17. The summed E-state index contributed by atoms with van der Waals surface area (Å²) in [7, 11) is 2.16. The molecule has 2 nitrogen and oxygen atoms in total. The molecule has 1 aliphatic heterocycles. The van der Waals surface area contributed by atoms with Crippen LogP contribution < -0.4 is 10.2 Å². The fraction of sp³-hybridized carbons (Fsp3) is 0.538. The predicted octanol–water partition coefficient (Wildman–Crippen LogP) is 2.75. The lowest BCUT2D eigenvalue weighted by Crippen LogP contribution is -2.12. The Morgan fingerprint density at radius 2 is 2.20 bits per heavy atom. The van der Waals surface area contributed by atoms with Gasteiger partial charge in [-0.15, -0.1) is 0 Å². The molecule has 1 heterocycles. The van der Waals surface area contributed by atoms with E-state index in [1.54, 1.807) is 0 Å². The highest BCUT2D eigenvalue weighted by atomic mass is 15.1. The first-order chi connectivity index (χ1) is 7.18. The molecule has 0 fully saturated rings. The summed E-state index contributed by atoms with van der Waals surface area (Å²) >= 11 is 0. The minimum atomic E-state index is 0.694. The van der Waals surface area contributed by atoms with Crippen molar-refractivity contribution in [3.8, 4) is 0 Å². The van der Waals surface area contributed by atoms with Gasteiger partial charge in [0.05, 0.1) is 0 Å². The van der Waals surface area contributed by atoms with Crippen LogP contribution in [-0.4, -0.2) is 20.1 Å². The van der Waals surface area contributed by atoms with Crippen molar-refractivity contribution >= 4 is 11.4 Å². The van der Waals surface area contributed by atoms with Crippen LogP contribution in [0.15, 0.2) is 18.2 Å². The van der Waals surface area contributed by atoms with Crippen LogP contribution in [0.5, 0.6) is 0 Å². The molecule has 0 bridgehead atoms. The molecule has 0 saturated heterocycles. The molecule has 0 aromatic heterocycles. The van der Waals surface area contributed by atoms with Crippen molar-refractivity contribution in [3.63, 3.8) is 0 Å². The average Bonchev–Trinajstić information content (AvgIpc) is 2.58. The van der Waals surface area contributed by atoms with Crippen LogP contribution in [-0.2, 0) is 6.42 Å². The number of benzene rings is 1. The van der Waals surface area contributed by atoms with Gasteiger partial charge < -0.3 is 10.2 Å². The summed E-state index contributed by atoms with van der Waals surface area (Å²) in [4.78, 5) is 2.33. The van der Waals surface area contributed by atoms with Crippen molar-refractivity contribution in [1.82, 2.24) is 0 Å². The summed E-state index contributed by atoms with van der Waals surface area (Å²) in [6, 6.07) is 6.55. The zero-order chi connectivity index (χ0) is 10.8. The normalized spacial score (nSPS) is 14.5. The van der Waals surface area contributed by atoms with E-state index < -0.39 is 0 Å². The lowest BCUT2D eigenvalue weighted by atomic mass is 10.1. The van der Waals surface area contributed by atoms with Crippen LogP contribution in [0, 0.1) is 5.92 Å². The molecule has 1 N–H and O–H groups in total. The Morgan fingerprint density at radius 3 is 2.93 bits per heavy atom. The Bertz CT molecular complexity index is 344. The van der Waals surface area contributed by atoms with Gasteiger partial charge in [-0.25, -0.2) is 0 Å². The third-order valence-corrected chi connectivity index (χ3v) is 2.96. The van der Waals surface area contributed by atoms with Gasteiger partial charge in [-0.05, 0) is 24.5 Å². The Hall–Kier alpha value is -1.18. The standard InChI is InChI=1S/C13H20N2/c1-10(2)9-14-12-5-4-6-13-11(12)7-8-15(13)3/h4-6,10,14H,7-9H2,1-3H3. The van der Waals surface area contributed by atoms with Crippen molar-refractivity contribution in [2.24, 2.45) is 5.92 Å². The van der Waals surface area contributed by atoms with Crippen molar-refractivity contribution in [3.05, 3.63) is 23.8 Å². The Kier molecular flexibility index (Phi) is 2.85. The van der Waals surface area contributed by atoms with E-state index in [9.17, 15) is 0 Å². The summed E-state index contributed by atoms with van der Waals surface area (Å²) in [5.41, 5.74) is 4.20. The largest absolute Gasteiger partial charge is 0.385 e. The summed E-state index contributed by atoms with van der Waals surface area (Å²) in [6.45, 7) is 6.68. The highest BCUT2D eigenvalue weighted by Gasteiger charge is 2.18. The van der Waals surface area contributed by atoms with Gasteiger partial charge in [-0.1, -0.05) is 19.9 Å². The topological polar surface area (TPSA) is 15.3 Å². The molecule has 0 unspecified atom stereocenters. The minimum Gasteiger partial charge on any atom is -0.385 e. The monoisotopic (exact) mass is 204 g/mol. The van der Waals surface area contributed by atoms with E-state index >= 15 is 0 Å². The Labute approximate surface area is 92.3 Å². The second-order valence-corrected chi connectivity index (χ2v) is 4.75. The van der Waals surface area contributed by atoms with Gasteiger partial charge in [0, 0.05) is 37.1 Å². The maximum absolute atomic E-state index is 3.54. The molecule has 0 aliphatic carbocycles. The lowest BCUT2D eigenvalue weighted by Gasteiger charge is -2.15. The minimum absolute atomic E-state index is 0.694. The summed E-state index contributed by atoms with van der Waals surface area (Å²) in [5.74, 6) is 0.694. The molecule has 0 saturated carbocycles. The summed E-state index contributed by atoms with van der Waals surface area (Å²) in [5, 5.41) is 3.54. The number of hydrogen-bond donors (Lipinski definition) is 1. The van der Waals surface area contributed by atoms with Gasteiger partial charge in [0.15, 0.2) is 0 Å². The van der Waals surface area contributed by atoms with Gasteiger partial charge in [0.2, 0.25) is 0 Å². The molecule has 0 amide bonds. The van der Waals surface area contributed by atoms with Crippen LogP contribution in [0.25, 0.3) is 0 Å². The molecule has 82 valence electrons. The first kappa shape index (κ1) is 10.3. The number of anilines is 2. The van der Waals surface area contributed by atoms with Crippen LogP contribution >= 0.6 is 0 Å². The number of fused-ring (bicyclic) bond motifs is 1. The molecule has 2 rings (SSSR count). The molecule has 1 aromatic carbocycles. The first-order valence-corrected chi connectivity index (χ1v) is 5.75. The van der Waals surface area contributed by atoms with Crippen LogP contribution in [0.4, 0.5) is 11.4 Å². The molecular formula is C13H20N2. The fourth-order valence-corrected chi connectivity index (χ4v) is 2.07. The van der Waals surface area contributed by atoms with Gasteiger partial charge >= 0.3 is 0 Å². The van der Waals surface area contributed by atoms with Crippen LogP contribution in [0.2, 0.25) is 0 Å². The number of nitrogens with one attached hydrogen (secondary N) is 1. The number of likely N-dealkylation sites (N-methyl/N-ethyl adjacent to an activating group) is 1. The second-order valence-electron chi connectivity index (χ2n) is 4.75. The van der Waals surface area contributed by atoms with E-state index in [0.717, 1.165) is 13.1 Å². The third-order valence-electron chi connectivity index (χ3n) is 2.96. The zero-order valence-corrected chi connectivity index (χ0v) is 9.88. The molecule has 1 aromatic rings. The molecule has 1 aliphatic rings. The predicted molar refractivity (Wildman–Crippen MR) is 66.7 cm³/mol. The Morgan fingerprint density at radius 1 is 1.40 bits per heavy atom. The van der Waals surface area contributed by atoms with Gasteiger partial charge in [-0.3, -0.25) is 0 Å². The molecule has 0 atom stereocenters. The number of nitrogens with zero attached hydrogens (tertiary/aromatic N) is 1. The highest BCUT2D eigenvalue weighted by molar-refractivity contribution is 5.69. The van der Waals surface area contributed by atoms with Crippen molar-refractivity contribution in [2.75, 3.05) is 30.4 Å². The van der Waals surface area contributed by atoms with Gasteiger partial charge in [0.1, 0.15) is 0 Å². The molecule has 15 heavy (non-hydrogen) atoms. The zero-order valence-electron chi connectivity index (χ0n) is 9.88.